The molecule has 0 radical (unpaired) electrons. The molecule has 2 aliphatic rings. The first-order valence-corrected chi connectivity index (χ1v) is 11.0. The van der Waals surface area contributed by atoms with Gasteiger partial charge in [0.05, 0.1) is 25.2 Å². The Kier molecular flexibility index (Phi) is 7.36. The van der Waals surface area contributed by atoms with Crippen LogP contribution in [0.4, 0.5) is 0 Å². The molecule has 1 amide bonds. The highest BCUT2D eigenvalue weighted by atomic mass is 32.2. The quantitative estimate of drug-likeness (QED) is 0.168. The summed E-state index contributed by atoms with van der Waals surface area (Å²) in [6, 6.07) is 7.23. The van der Waals surface area contributed by atoms with Crippen LogP contribution >= 0.6 is 11.9 Å². The van der Waals surface area contributed by atoms with Gasteiger partial charge in [0.1, 0.15) is 6.04 Å². The zero-order valence-electron chi connectivity index (χ0n) is 17.8. The van der Waals surface area contributed by atoms with E-state index in [1.807, 2.05) is 19.9 Å². The molecule has 32 heavy (non-hydrogen) atoms. The molecule has 3 N–H and O–H groups in total. The molecule has 174 valence electrons. The Bertz CT molecular complexity index is 882. The molecular formula is C20H26N4O7S. The number of rotatable bonds is 10. The number of hydrogen-bond donors (Lipinski definition) is 2. The van der Waals surface area contributed by atoms with Gasteiger partial charge in [-0.15, -0.1) is 10.1 Å². The van der Waals surface area contributed by atoms with Crippen molar-refractivity contribution in [1.29, 1.82) is 0 Å². The summed E-state index contributed by atoms with van der Waals surface area (Å²) in [6.45, 7) is 3.68. The lowest BCUT2D eigenvalue weighted by molar-refractivity contribution is -0.757. The molecule has 2 aliphatic heterocycles. The van der Waals surface area contributed by atoms with E-state index in [1.54, 1.807) is 28.6 Å². The Morgan fingerprint density at radius 3 is 2.59 bits per heavy atom. The van der Waals surface area contributed by atoms with Gasteiger partial charge < -0.3 is 20.6 Å². The van der Waals surface area contributed by atoms with Gasteiger partial charge in [-0.05, 0) is 32.3 Å². The van der Waals surface area contributed by atoms with Crippen molar-refractivity contribution in [2.45, 2.75) is 49.7 Å². The van der Waals surface area contributed by atoms with E-state index in [1.165, 1.54) is 11.9 Å². The summed E-state index contributed by atoms with van der Waals surface area (Å²) >= 11 is 1.33. The summed E-state index contributed by atoms with van der Waals surface area (Å²) in [5.74, 6) is -1.96. The number of Topliss-reactive ketones (excluding diaryl/α,β-unsaturated/α-hetero) is 1. The molecule has 1 unspecified atom stereocenters. The highest BCUT2D eigenvalue weighted by Crippen LogP contribution is 2.53. The topological polar surface area (TPSA) is 154 Å². The summed E-state index contributed by atoms with van der Waals surface area (Å²) in [4.78, 5) is 52.4. The third-order valence-corrected chi connectivity index (χ3v) is 6.82. The minimum Gasteiger partial charge on any atom is -0.465 e. The minimum absolute atomic E-state index is 0.0727. The van der Waals surface area contributed by atoms with E-state index in [9.17, 15) is 24.5 Å². The lowest BCUT2D eigenvalue weighted by atomic mass is 9.80. The van der Waals surface area contributed by atoms with Gasteiger partial charge >= 0.3 is 5.97 Å². The number of carbonyl (C=O) groups is 3. The Morgan fingerprint density at radius 2 is 1.94 bits per heavy atom. The smallest absolute Gasteiger partial charge is 0.312 e. The molecular weight excluding hydrogens is 440 g/mol. The number of amides is 1. The number of unbranched alkanes of at least 4 members (excludes halogenated alkanes) is 1. The van der Waals surface area contributed by atoms with E-state index >= 15 is 0 Å². The van der Waals surface area contributed by atoms with Crippen LogP contribution in [0.5, 0.6) is 0 Å². The molecule has 0 aliphatic carbocycles. The standard InChI is InChI=1S/C20H26N4O7S/c1-20(2)13(19(27)30-10-6-7-11-31-24(28)29)15-16(25)17(23(15)32-20)22-18(26)14(21)12-8-4-3-5-9-12/h3-5,8-9,13-15,17H,6-7,10-11,21H2,1-2H3,(H,22,26)/t13-,14+,15?,17-/m0/s1. The van der Waals surface area contributed by atoms with E-state index < -0.39 is 45.9 Å². The number of nitrogens with zero attached hydrogens (tertiary/aromatic N) is 2. The van der Waals surface area contributed by atoms with Crippen LogP contribution in [0.2, 0.25) is 0 Å². The molecule has 4 atom stereocenters. The Labute approximate surface area is 189 Å². The van der Waals surface area contributed by atoms with Crippen molar-refractivity contribution in [2.24, 2.45) is 11.7 Å². The van der Waals surface area contributed by atoms with E-state index in [0.717, 1.165) is 0 Å². The normalized spacial score (nSPS) is 24.7. The summed E-state index contributed by atoms with van der Waals surface area (Å²) in [6.07, 6.45) is -0.0943. The average Bonchev–Trinajstić information content (AvgIpc) is 3.01. The lowest BCUT2D eigenvalue weighted by Crippen LogP contribution is -2.69. The van der Waals surface area contributed by atoms with Crippen molar-refractivity contribution in [2.75, 3.05) is 13.2 Å². The first kappa shape index (κ1) is 24.0. The van der Waals surface area contributed by atoms with Crippen LogP contribution < -0.4 is 11.1 Å². The number of nitrogens with two attached hydrogens (primary N) is 1. The third kappa shape index (κ3) is 5.03. The highest BCUT2D eigenvalue weighted by Gasteiger charge is 2.65. The molecule has 0 saturated carbocycles. The van der Waals surface area contributed by atoms with Crippen LogP contribution in [0.3, 0.4) is 0 Å². The van der Waals surface area contributed by atoms with Crippen molar-refractivity contribution in [1.82, 2.24) is 9.62 Å². The Morgan fingerprint density at radius 1 is 1.28 bits per heavy atom. The van der Waals surface area contributed by atoms with Crippen LogP contribution in [0.15, 0.2) is 30.3 Å². The Balaban J connectivity index is 1.54. The van der Waals surface area contributed by atoms with Crippen LogP contribution in [0.25, 0.3) is 0 Å². The van der Waals surface area contributed by atoms with Gasteiger partial charge in [-0.1, -0.05) is 42.3 Å². The van der Waals surface area contributed by atoms with Crippen LogP contribution in [0, 0.1) is 16.0 Å². The zero-order chi connectivity index (χ0) is 23.5. The molecule has 1 aromatic carbocycles. The van der Waals surface area contributed by atoms with Gasteiger partial charge in [-0.2, -0.15) is 0 Å². The molecule has 3 rings (SSSR count). The summed E-state index contributed by atoms with van der Waals surface area (Å²) in [7, 11) is 0. The van der Waals surface area contributed by atoms with Crippen LogP contribution in [-0.4, -0.2) is 57.2 Å². The summed E-state index contributed by atoms with van der Waals surface area (Å²) in [5, 5.41) is 11.9. The predicted molar refractivity (Wildman–Crippen MR) is 114 cm³/mol. The second-order valence-corrected chi connectivity index (χ2v) is 9.77. The third-order valence-electron chi connectivity index (χ3n) is 5.45. The molecule has 0 spiro atoms. The molecule has 11 nitrogen and oxygen atoms in total. The van der Waals surface area contributed by atoms with E-state index in [-0.39, 0.29) is 19.0 Å². The largest absolute Gasteiger partial charge is 0.465 e. The van der Waals surface area contributed by atoms with Crippen molar-refractivity contribution < 1.29 is 29.0 Å². The van der Waals surface area contributed by atoms with Crippen molar-refractivity contribution in [3.05, 3.63) is 46.0 Å². The molecule has 2 fully saturated rings. The second-order valence-electron chi connectivity index (χ2n) is 8.11. The Hall–Kier alpha value is -2.70. The van der Waals surface area contributed by atoms with E-state index in [0.29, 0.717) is 18.4 Å². The fraction of sp³-hybridized carbons (Fsp3) is 0.550. The minimum atomic E-state index is -0.913. The van der Waals surface area contributed by atoms with Gasteiger partial charge in [-0.25, -0.2) is 4.31 Å². The van der Waals surface area contributed by atoms with Crippen molar-refractivity contribution in [3.8, 4) is 0 Å². The molecule has 1 aromatic rings. The maximum absolute atomic E-state index is 12.8. The maximum atomic E-state index is 12.8. The first-order chi connectivity index (χ1) is 15.1. The SMILES string of the molecule is CC1(C)SN2C(C(=O)[C@H]2NC(=O)[C@H](N)c2ccccc2)[C@H]1C(=O)OCCCCO[N+](=O)[O-]. The fourth-order valence-electron chi connectivity index (χ4n) is 3.81. The molecule has 12 heteroatoms. The van der Waals surface area contributed by atoms with Gasteiger partial charge in [-0.3, -0.25) is 14.4 Å². The summed E-state index contributed by atoms with van der Waals surface area (Å²) in [5.41, 5.74) is 6.65. The lowest BCUT2D eigenvalue weighted by Gasteiger charge is -2.42. The van der Waals surface area contributed by atoms with Gasteiger partial charge in [0, 0.05) is 4.75 Å². The maximum Gasteiger partial charge on any atom is 0.312 e. The van der Waals surface area contributed by atoms with Crippen LogP contribution in [-0.2, 0) is 24.0 Å². The summed E-state index contributed by atoms with van der Waals surface area (Å²) < 4.78 is 6.42. The highest BCUT2D eigenvalue weighted by molar-refractivity contribution is 7.98. The molecule has 0 aromatic heterocycles. The van der Waals surface area contributed by atoms with E-state index in [4.69, 9.17) is 10.5 Å². The van der Waals surface area contributed by atoms with Gasteiger partial charge in [0.2, 0.25) is 5.91 Å². The average molecular weight is 467 g/mol. The monoisotopic (exact) mass is 466 g/mol. The number of hydrogen-bond acceptors (Lipinski definition) is 10. The van der Waals surface area contributed by atoms with Crippen LogP contribution in [0.1, 0.15) is 38.3 Å². The molecule has 2 saturated heterocycles. The second kappa shape index (κ2) is 9.84. The number of nitrogens with one attached hydrogen (secondary N) is 1. The molecule has 0 bridgehead atoms. The van der Waals surface area contributed by atoms with Crippen molar-refractivity contribution in [3.63, 3.8) is 0 Å². The molecule has 2 heterocycles. The number of benzene rings is 1. The fourth-order valence-corrected chi connectivity index (χ4v) is 5.29. The number of carbonyl (C=O) groups excluding carboxylic acids is 3. The number of esters is 1. The van der Waals surface area contributed by atoms with Gasteiger partial charge in [0.15, 0.2) is 11.9 Å². The number of ketones is 1. The number of ether oxygens (including phenoxy) is 1. The van der Waals surface area contributed by atoms with Gasteiger partial charge in [0.25, 0.3) is 5.09 Å². The van der Waals surface area contributed by atoms with Crippen molar-refractivity contribution >= 4 is 29.6 Å². The first-order valence-electron chi connectivity index (χ1n) is 10.2. The zero-order valence-corrected chi connectivity index (χ0v) is 18.6. The number of fused-ring (bicyclic) bond motifs is 1. The van der Waals surface area contributed by atoms with E-state index in [2.05, 4.69) is 10.2 Å². The predicted octanol–water partition coefficient (Wildman–Crippen LogP) is 0.970.